The number of aromatic nitrogens is 2. The number of piperazine rings is 1. The minimum absolute atomic E-state index is 0.532. The van der Waals surface area contributed by atoms with Crippen LogP contribution in [0.2, 0.25) is 0 Å². The van der Waals surface area contributed by atoms with Crippen molar-refractivity contribution < 1.29 is 0 Å². The summed E-state index contributed by atoms with van der Waals surface area (Å²) in [6.45, 7) is 5.33. The average Bonchev–Trinajstić information content (AvgIpc) is 2.57. The van der Waals surface area contributed by atoms with Gasteiger partial charge in [-0.1, -0.05) is 0 Å². The first-order chi connectivity index (χ1) is 5.88. The summed E-state index contributed by atoms with van der Waals surface area (Å²) in [4.78, 5) is 9.65. The van der Waals surface area contributed by atoms with Gasteiger partial charge in [0.05, 0.1) is 0 Å². The Hall–Kier alpha value is -1.03. The van der Waals surface area contributed by atoms with Crippen molar-refractivity contribution in [1.29, 1.82) is 0 Å². The van der Waals surface area contributed by atoms with E-state index in [9.17, 15) is 0 Å². The Balaban J connectivity index is 2.11. The maximum atomic E-state index is 4.23. The van der Waals surface area contributed by atoms with Gasteiger partial charge in [0.2, 0.25) is 5.95 Å². The summed E-state index contributed by atoms with van der Waals surface area (Å²) < 4.78 is 0. The third-order valence-corrected chi connectivity index (χ3v) is 2.26. The zero-order valence-electron chi connectivity index (χ0n) is 7.25. The highest BCUT2D eigenvalue weighted by atomic mass is 15.3. The third-order valence-electron chi connectivity index (χ3n) is 2.26. The van der Waals surface area contributed by atoms with E-state index in [1.54, 1.807) is 6.20 Å². The second kappa shape index (κ2) is 3.15. The largest absolute Gasteiger partial charge is 0.337 e. The highest BCUT2D eigenvalue weighted by Crippen LogP contribution is 2.11. The number of aromatic amines is 1. The molecule has 0 amide bonds. The molecule has 0 radical (unpaired) electrons. The zero-order chi connectivity index (χ0) is 8.39. The minimum atomic E-state index is 0.532. The molecule has 2 rings (SSSR count). The van der Waals surface area contributed by atoms with Crippen molar-refractivity contribution >= 4 is 5.95 Å². The topological polar surface area (TPSA) is 44.0 Å². The van der Waals surface area contributed by atoms with E-state index >= 15 is 0 Å². The Morgan fingerprint density at radius 2 is 2.58 bits per heavy atom. The molecule has 1 aromatic heterocycles. The molecule has 12 heavy (non-hydrogen) atoms. The van der Waals surface area contributed by atoms with Crippen LogP contribution in [0.5, 0.6) is 0 Å². The third kappa shape index (κ3) is 1.30. The predicted octanol–water partition coefficient (Wildman–Crippen LogP) is 0.208. The van der Waals surface area contributed by atoms with E-state index in [1.165, 1.54) is 0 Å². The van der Waals surface area contributed by atoms with E-state index in [4.69, 9.17) is 0 Å². The molecule has 1 saturated heterocycles. The standard InChI is InChI=1S/C8H14N4/c1-7-6-9-4-5-12(7)8-10-2-3-11-8/h2-3,7,9H,4-6H2,1H3,(H,10,11)/t7-/m1/s1. The van der Waals surface area contributed by atoms with Crippen molar-refractivity contribution in [3.05, 3.63) is 12.4 Å². The maximum absolute atomic E-state index is 4.23. The van der Waals surface area contributed by atoms with E-state index < -0.39 is 0 Å². The number of imidazole rings is 1. The number of anilines is 1. The van der Waals surface area contributed by atoms with Gasteiger partial charge in [-0.2, -0.15) is 0 Å². The van der Waals surface area contributed by atoms with Crippen molar-refractivity contribution in [1.82, 2.24) is 15.3 Å². The SMILES string of the molecule is C[C@@H]1CNCCN1c1ncc[nH]1. The lowest BCUT2D eigenvalue weighted by molar-refractivity contribution is 0.494. The molecule has 0 aliphatic carbocycles. The van der Waals surface area contributed by atoms with Gasteiger partial charge in [-0.3, -0.25) is 0 Å². The Labute approximate surface area is 72.0 Å². The summed E-state index contributed by atoms with van der Waals surface area (Å²) in [6, 6.07) is 0.532. The Bertz CT molecular complexity index is 231. The van der Waals surface area contributed by atoms with Crippen molar-refractivity contribution in [2.45, 2.75) is 13.0 Å². The molecule has 0 saturated carbocycles. The Morgan fingerprint density at radius 1 is 1.67 bits per heavy atom. The number of rotatable bonds is 1. The molecule has 1 atom stereocenters. The molecule has 1 aliphatic heterocycles. The molecule has 2 N–H and O–H groups in total. The molecule has 1 aromatic rings. The average molecular weight is 166 g/mol. The normalized spacial score (nSPS) is 24.4. The molecule has 0 unspecified atom stereocenters. The van der Waals surface area contributed by atoms with Crippen LogP contribution < -0.4 is 10.2 Å². The van der Waals surface area contributed by atoms with Gasteiger partial charge in [-0.25, -0.2) is 4.98 Å². The van der Waals surface area contributed by atoms with Crippen LogP contribution >= 0.6 is 0 Å². The second-order valence-electron chi connectivity index (χ2n) is 3.16. The minimum Gasteiger partial charge on any atom is -0.337 e. The van der Waals surface area contributed by atoms with Crippen LogP contribution in [0.1, 0.15) is 6.92 Å². The molecule has 2 heterocycles. The number of hydrogen-bond acceptors (Lipinski definition) is 3. The second-order valence-corrected chi connectivity index (χ2v) is 3.16. The maximum Gasteiger partial charge on any atom is 0.203 e. The van der Waals surface area contributed by atoms with E-state index in [2.05, 4.69) is 27.1 Å². The fourth-order valence-electron chi connectivity index (χ4n) is 1.57. The molecule has 1 aliphatic rings. The van der Waals surface area contributed by atoms with Gasteiger partial charge >= 0.3 is 0 Å². The summed E-state index contributed by atoms with van der Waals surface area (Å²) >= 11 is 0. The van der Waals surface area contributed by atoms with E-state index in [1.807, 2.05) is 6.20 Å². The lowest BCUT2D eigenvalue weighted by atomic mass is 10.2. The van der Waals surface area contributed by atoms with Gasteiger partial charge in [0.25, 0.3) is 0 Å². The van der Waals surface area contributed by atoms with E-state index in [-0.39, 0.29) is 0 Å². The fraction of sp³-hybridized carbons (Fsp3) is 0.625. The quantitative estimate of drug-likeness (QED) is 0.626. The number of nitrogens with one attached hydrogen (secondary N) is 2. The molecule has 0 aromatic carbocycles. The van der Waals surface area contributed by atoms with Crippen molar-refractivity contribution in [3.8, 4) is 0 Å². The summed E-state index contributed by atoms with van der Waals surface area (Å²) in [6.07, 6.45) is 3.66. The van der Waals surface area contributed by atoms with Gasteiger partial charge in [0.1, 0.15) is 0 Å². The first kappa shape index (κ1) is 7.61. The zero-order valence-corrected chi connectivity index (χ0v) is 7.25. The fourth-order valence-corrected chi connectivity index (χ4v) is 1.57. The van der Waals surface area contributed by atoms with Gasteiger partial charge in [0.15, 0.2) is 0 Å². The summed E-state index contributed by atoms with van der Waals surface area (Å²) in [5, 5.41) is 3.34. The van der Waals surface area contributed by atoms with Gasteiger partial charge in [-0.15, -0.1) is 0 Å². The number of hydrogen-bond donors (Lipinski definition) is 2. The molecular formula is C8H14N4. The lowest BCUT2D eigenvalue weighted by Gasteiger charge is -2.33. The van der Waals surface area contributed by atoms with Gasteiger partial charge in [-0.05, 0) is 6.92 Å². The number of H-pyrrole nitrogens is 1. The first-order valence-corrected chi connectivity index (χ1v) is 4.34. The predicted molar refractivity (Wildman–Crippen MR) is 48.3 cm³/mol. The monoisotopic (exact) mass is 166 g/mol. The first-order valence-electron chi connectivity index (χ1n) is 4.34. The Morgan fingerprint density at radius 3 is 3.25 bits per heavy atom. The summed E-state index contributed by atoms with van der Waals surface area (Å²) in [7, 11) is 0. The highest BCUT2D eigenvalue weighted by molar-refractivity contribution is 5.31. The van der Waals surface area contributed by atoms with Crippen molar-refractivity contribution in [2.24, 2.45) is 0 Å². The van der Waals surface area contributed by atoms with Crippen LogP contribution in [0.25, 0.3) is 0 Å². The van der Waals surface area contributed by atoms with Crippen molar-refractivity contribution in [3.63, 3.8) is 0 Å². The molecular weight excluding hydrogens is 152 g/mol. The molecule has 1 fully saturated rings. The van der Waals surface area contributed by atoms with Crippen molar-refractivity contribution in [2.75, 3.05) is 24.5 Å². The lowest BCUT2D eigenvalue weighted by Crippen LogP contribution is -2.50. The summed E-state index contributed by atoms with van der Waals surface area (Å²) in [5.74, 6) is 0.990. The van der Waals surface area contributed by atoms with E-state index in [0.717, 1.165) is 25.6 Å². The smallest absolute Gasteiger partial charge is 0.203 e. The molecule has 0 spiro atoms. The van der Waals surface area contributed by atoms with Gasteiger partial charge < -0.3 is 15.2 Å². The molecule has 4 heteroatoms. The van der Waals surface area contributed by atoms with Crippen LogP contribution in [-0.2, 0) is 0 Å². The number of nitrogens with zero attached hydrogens (tertiary/aromatic N) is 2. The molecule has 0 bridgehead atoms. The Kier molecular flexibility index (Phi) is 1.99. The van der Waals surface area contributed by atoms with E-state index in [0.29, 0.717) is 6.04 Å². The van der Waals surface area contributed by atoms with Crippen LogP contribution in [0, 0.1) is 0 Å². The summed E-state index contributed by atoms with van der Waals surface area (Å²) in [5.41, 5.74) is 0. The van der Waals surface area contributed by atoms with Crippen LogP contribution in [0.15, 0.2) is 12.4 Å². The van der Waals surface area contributed by atoms with Crippen LogP contribution in [0.4, 0.5) is 5.95 Å². The van der Waals surface area contributed by atoms with Crippen LogP contribution in [0.3, 0.4) is 0 Å². The molecule has 66 valence electrons. The molecule has 4 nitrogen and oxygen atoms in total. The van der Waals surface area contributed by atoms with Crippen LogP contribution in [-0.4, -0.2) is 35.6 Å². The van der Waals surface area contributed by atoms with Gasteiger partial charge in [0, 0.05) is 38.1 Å². The highest BCUT2D eigenvalue weighted by Gasteiger charge is 2.19.